The molecule has 2 aromatic rings. The number of nitrogens with zero attached hydrogens (tertiary/aromatic N) is 3. The number of carbonyl (C=O) groups excluding carboxylic acids is 1. The zero-order valence-corrected chi connectivity index (χ0v) is 19.2. The molecule has 3 aliphatic heterocycles. The third-order valence-corrected chi connectivity index (χ3v) is 8.30. The molecule has 1 atom stereocenters. The first-order chi connectivity index (χ1) is 16.1. The summed E-state index contributed by atoms with van der Waals surface area (Å²) in [7, 11) is 0. The number of amides is 1. The number of hydrogen-bond donors (Lipinski definition) is 1. The molecule has 0 unspecified atom stereocenters. The summed E-state index contributed by atoms with van der Waals surface area (Å²) in [5, 5.41) is 9.69. The largest absolute Gasteiger partial charge is 0.487 e. The number of aliphatic hydroxyl groups excluding tert-OH is 1. The van der Waals surface area contributed by atoms with E-state index in [4.69, 9.17) is 4.74 Å². The molecule has 6 rings (SSSR count). The van der Waals surface area contributed by atoms with Crippen molar-refractivity contribution in [1.29, 1.82) is 0 Å². The SMILES string of the molecule is O=C(c1ccc(-c2ccc3c(c2)CCC2(CCN(C4CCC4)CC2)O3)cn1)N1CC[C@H](O)C1. The number of aliphatic hydroxyl groups is 1. The summed E-state index contributed by atoms with van der Waals surface area (Å²) in [6.07, 6.45) is 10.6. The number of fused-ring (bicyclic) bond motifs is 1. The molecule has 33 heavy (non-hydrogen) atoms. The minimum Gasteiger partial charge on any atom is -0.487 e. The van der Waals surface area contributed by atoms with Crippen LogP contribution in [0.4, 0.5) is 0 Å². The number of piperidine rings is 1. The first-order valence-corrected chi connectivity index (χ1v) is 12.6. The van der Waals surface area contributed by atoms with Crippen molar-refractivity contribution in [3.63, 3.8) is 0 Å². The lowest BCUT2D eigenvalue weighted by Gasteiger charge is -2.48. The van der Waals surface area contributed by atoms with Crippen LogP contribution in [0.1, 0.15) is 61.0 Å². The Balaban J connectivity index is 1.13. The number of pyridine rings is 1. The highest BCUT2D eigenvalue weighted by molar-refractivity contribution is 5.92. The fraction of sp³-hybridized carbons (Fsp3) is 0.556. The minimum absolute atomic E-state index is 0.0154. The van der Waals surface area contributed by atoms with Gasteiger partial charge in [0, 0.05) is 44.0 Å². The number of aryl methyl sites for hydroxylation is 1. The molecule has 6 heteroatoms. The highest BCUT2D eigenvalue weighted by atomic mass is 16.5. The van der Waals surface area contributed by atoms with Crippen molar-refractivity contribution in [3.8, 4) is 16.9 Å². The topological polar surface area (TPSA) is 65.9 Å². The van der Waals surface area contributed by atoms with Crippen LogP contribution in [0.3, 0.4) is 0 Å². The molecule has 0 radical (unpaired) electrons. The van der Waals surface area contributed by atoms with E-state index in [-0.39, 0.29) is 11.5 Å². The average molecular weight is 448 g/mol. The highest BCUT2D eigenvalue weighted by Gasteiger charge is 2.41. The van der Waals surface area contributed by atoms with Crippen LogP contribution in [0.5, 0.6) is 5.75 Å². The average Bonchev–Trinajstić information content (AvgIpc) is 3.25. The Labute approximate surface area is 195 Å². The molecular formula is C27H33N3O3. The summed E-state index contributed by atoms with van der Waals surface area (Å²) >= 11 is 0. The van der Waals surface area contributed by atoms with E-state index in [0.29, 0.717) is 25.2 Å². The Morgan fingerprint density at radius 1 is 1.03 bits per heavy atom. The number of rotatable bonds is 3. The molecular weight excluding hydrogens is 414 g/mol. The number of benzene rings is 1. The summed E-state index contributed by atoms with van der Waals surface area (Å²) in [5.41, 5.74) is 3.83. The molecule has 1 aromatic carbocycles. The predicted molar refractivity (Wildman–Crippen MR) is 126 cm³/mol. The zero-order valence-electron chi connectivity index (χ0n) is 19.2. The fourth-order valence-corrected chi connectivity index (χ4v) is 5.88. The highest BCUT2D eigenvalue weighted by Crippen LogP contribution is 2.42. The van der Waals surface area contributed by atoms with Crippen LogP contribution < -0.4 is 4.74 Å². The van der Waals surface area contributed by atoms with Crippen molar-refractivity contribution < 1.29 is 14.6 Å². The van der Waals surface area contributed by atoms with Gasteiger partial charge in [-0.3, -0.25) is 9.78 Å². The Morgan fingerprint density at radius 3 is 2.52 bits per heavy atom. The number of ether oxygens (including phenoxy) is 1. The van der Waals surface area contributed by atoms with E-state index in [0.717, 1.165) is 48.6 Å². The Kier molecular flexibility index (Phi) is 5.38. The van der Waals surface area contributed by atoms with Gasteiger partial charge in [0.05, 0.1) is 6.10 Å². The van der Waals surface area contributed by atoms with Gasteiger partial charge in [0.15, 0.2) is 0 Å². The van der Waals surface area contributed by atoms with Crippen LogP contribution in [-0.2, 0) is 6.42 Å². The summed E-state index contributed by atoms with van der Waals surface area (Å²) in [6.45, 7) is 3.33. The second kappa shape index (κ2) is 8.41. The van der Waals surface area contributed by atoms with Gasteiger partial charge in [-0.15, -0.1) is 0 Å². The Morgan fingerprint density at radius 2 is 1.85 bits per heavy atom. The molecule has 174 valence electrons. The van der Waals surface area contributed by atoms with Crippen molar-refractivity contribution >= 4 is 5.91 Å². The fourth-order valence-electron chi connectivity index (χ4n) is 5.88. The lowest BCUT2D eigenvalue weighted by atomic mass is 9.81. The number of likely N-dealkylation sites (tertiary alicyclic amines) is 2. The zero-order chi connectivity index (χ0) is 22.4. The first kappa shape index (κ1) is 21.1. The lowest BCUT2D eigenvalue weighted by Crippen LogP contribution is -2.53. The Bertz CT molecular complexity index is 1030. The van der Waals surface area contributed by atoms with E-state index >= 15 is 0 Å². The standard InChI is InChI=1S/C27H33N3O3/c31-23-9-13-30(18-23)26(32)24-6-4-21(17-28-24)19-5-7-25-20(16-19)8-10-27(33-25)11-14-29(15-12-27)22-2-1-3-22/h4-7,16-17,22-23,31H,1-3,8-15,18H2/t23-/m0/s1. The van der Waals surface area contributed by atoms with E-state index in [1.807, 2.05) is 6.07 Å². The van der Waals surface area contributed by atoms with E-state index in [2.05, 4.69) is 28.1 Å². The van der Waals surface area contributed by atoms with Crippen LogP contribution in [0.25, 0.3) is 11.1 Å². The molecule has 4 aliphatic rings. The molecule has 1 spiro atoms. The van der Waals surface area contributed by atoms with Crippen LogP contribution in [0.15, 0.2) is 36.5 Å². The van der Waals surface area contributed by atoms with Crippen molar-refractivity contribution in [3.05, 3.63) is 47.8 Å². The molecule has 2 saturated heterocycles. The third kappa shape index (κ3) is 4.04. The summed E-state index contributed by atoms with van der Waals surface area (Å²) in [5.74, 6) is 0.931. The molecule has 3 fully saturated rings. The van der Waals surface area contributed by atoms with Crippen molar-refractivity contribution in [2.75, 3.05) is 26.2 Å². The van der Waals surface area contributed by atoms with Crippen LogP contribution >= 0.6 is 0 Å². The van der Waals surface area contributed by atoms with Gasteiger partial charge in [-0.2, -0.15) is 0 Å². The van der Waals surface area contributed by atoms with Gasteiger partial charge < -0.3 is 19.6 Å². The van der Waals surface area contributed by atoms with Gasteiger partial charge in [0.1, 0.15) is 17.0 Å². The number of β-amino-alcohol motifs (C(OH)–C–C–N with tert-alkyl or cyclic N) is 1. The number of carbonyl (C=O) groups is 1. The predicted octanol–water partition coefficient (Wildman–Crippen LogP) is 3.67. The molecule has 1 amide bonds. The van der Waals surface area contributed by atoms with Crippen molar-refractivity contribution in [2.45, 2.75) is 69.1 Å². The van der Waals surface area contributed by atoms with Gasteiger partial charge in [-0.05, 0) is 74.3 Å². The maximum Gasteiger partial charge on any atom is 0.272 e. The second-order valence-corrected chi connectivity index (χ2v) is 10.4. The van der Waals surface area contributed by atoms with Crippen LogP contribution in [-0.4, -0.2) is 69.7 Å². The number of hydrogen-bond acceptors (Lipinski definition) is 5. The van der Waals surface area contributed by atoms with Crippen molar-refractivity contribution in [1.82, 2.24) is 14.8 Å². The number of aromatic nitrogens is 1. The van der Waals surface area contributed by atoms with E-state index in [1.165, 1.54) is 37.9 Å². The quantitative estimate of drug-likeness (QED) is 0.778. The third-order valence-electron chi connectivity index (χ3n) is 8.30. The lowest BCUT2D eigenvalue weighted by molar-refractivity contribution is -0.0336. The Hall–Kier alpha value is -2.44. The van der Waals surface area contributed by atoms with Crippen LogP contribution in [0.2, 0.25) is 0 Å². The van der Waals surface area contributed by atoms with Gasteiger partial charge in [0.25, 0.3) is 5.91 Å². The van der Waals surface area contributed by atoms with Crippen molar-refractivity contribution in [2.24, 2.45) is 0 Å². The van der Waals surface area contributed by atoms with Gasteiger partial charge in [-0.1, -0.05) is 18.6 Å². The van der Waals surface area contributed by atoms with Gasteiger partial charge in [0.2, 0.25) is 0 Å². The maximum absolute atomic E-state index is 12.6. The molecule has 1 aliphatic carbocycles. The monoisotopic (exact) mass is 447 g/mol. The minimum atomic E-state index is -0.416. The summed E-state index contributed by atoms with van der Waals surface area (Å²) in [4.78, 5) is 21.4. The molecule has 1 aromatic heterocycles. The smallest absolute Gasteiger partial charge is 0.272 e. The van der Waals surface area contributed by atoms with E-state index in [9.17, 15) is 9.90 Å². The molecule has 4 heterocycles. The van der Waals surface area contributed by atoms with E-state index in [1.54, 1.807) is 17.2 Å². The molecule has 1 N–H and O–H groups in total. The molecule has 6 nitrogen and oxygen atoms in total. The van der Waals surface area contributed by atoms with Crippen LogP contribution in [0, 0.1) is 0 Å². The first-order valence-electron chi connectivity index (χ1n) is 12.6. The van der Waals surface area contributed by atoms with E-state index < -0.39 is 6.10 Å². The summed E-state index contributed by atoms with van der Waals surface area (Å²) in [6, 6.07) is 11.0. The normalized spacial score (nSPS) is 24.9. The second-order valence-electron chi connectivity index (χ2n) is 10.4. The van der Waals surface area contributed by atoms with Gasteiger partial charge >= 0.3 is 0 Å². The molecule has 1 saturated carbocycles. The van der Waals surface area contributed by atoms with Gasteiger partial charge in [-0.25, -0.2) is 0 Å². The maximum atomic E-state index is 12.6. The molecule has 0 bridgehead atoms. The summed E-state index contributed by atoms with van der Waals surface area (Å²) < 4.78 is 6.63.